The number of benzene rings is 1. The predicted octanol–water partition coefficient (Wildman–Crippen LogP) is 3.00. The van der Waals surface area contributed by atoms with E-state index in [0.29, 0.717) is 12.6 Å². The highest BCUT2D eigenvalue weighted by molar-refractivity contribution is 5.72. The van der Waals surface area contributed by atoms with Gasteiger partial charge >= 0.3 is 5.97 Å². The van der Waals surface area contributed by atoms with Gasteiger partial charge in [-0.05, 0) is 32.4 Å². The summed E-state index contributed by atoms with van der Waals surface area (Å²) in [5, 5.41) is 9.33. The summed E-state index contributed by atoms with van der Waals surface area (Å²) in [5.74, 6) is -5.93. The molecule has 1 aromatic carbocycles. The van der Waals surface area contributed by atoms with E-state index in [0.717, 1.165) is 6.07 Å². The normalized spacial score (nSPS) is 23.5. The lowest BCUT2D eigenvalue weighted by atomic mass is 9.88. The first-order valence-corrected chi connectivity index (χ1v) is 6.73. The number of aliphatic carboxylic acids is 1. The lowest BCUT2D eigenvalue weighted by Crippen LogP contribution is -2.40. The number of hydrogen-bond acceptors (Lipinski definition) is 2. The zero-order valence-electron chi connectivity index (χ0n) is 12.2. The fraction of sp³-hybridized carbons (Fsp3) is 0.533. The van der Waals surface area contributed by atoms with Gasteiger partial charge in [0.15, 0.2) is 11.6 Å². The Labute approximate surface area is 121 Å². The fourth-order valence-electron chi connectivity index (χ4n) is 2.74. The van der Waals surface area contributed by atoms with Gasteiger partial charge < -0.3 is 5.11 Å². The number of nitrogens with zero attached hydrogens (tertiary/aromatic N) is 1. The Hall–Kier alpha value is -1.56. The maximum absolute atomic E-state index is 13.9. The van der Waals surface area contributed by atoms with E-state index in [1.165, 1.54) is 0 Å². The standard InChI is InChI=1S/C15H18F3NO2/c1-15(2,3)19-6-9(10(7-19)14(20)21)8-4-12(17)13(18)5-11(8)16/h4-5,9-10H,6-7H2,1-3H3,(H,20,21)/t9-,10+/m1/s1. The predicted molar refractivity (Wildman–Crippen MR) is 71.5 cm³/mol. The lowest BCUT2D eigenvalue weighted by molar-refractivity contribution is -0.141. The average Bonchev–Trinajstić information content (AvgIpc) is 2.78. The molecule has 1 heterocycles. The maximum Gasteiger partial charge on any atom is 0.308 e. The second-order valence-corrected chi connectivity index (χ2v) is 6.41. The van der Waals surface area contributed by atoms with E-state index < -0.39 is 35.3 Å². The summed E-state index contributed by atoms with van der Waals surface area (Å²) in [5.41, 5.74) is -0.356. The molecule has 0 radical (unpaired) electrons. The van der Waals surface area contributed by atoms with E-state index in [-0.39, 0.29) is 17.6 Å². The van der Waals surface area contributed by atoms with Crippen LogP contribution in [0.25, 0.3) is 0 Å². The average molecular weight is 301 g/mol. The van der Waals surface area contributed by atoms with Crippen LogP contribution >= 0.6 is 0 Å². The molecule has 0 spiro atoms. The van der Waals surface area contributed by atoms with E-state index in [4.69, 9.17) is 0 Å². The van der Waals surface area contributed by atoms with Crippen LogP contribution in [0.1, 0.15) is 32.3 Å². The molecule has 1 fully saturated rings. The Morgan fingerprint density at radius 3 is 2.24 bits per heavy atom. The van der Waals surface area contributed by atoms with Gasteiger partial charge in [0.1, 0.15) is 5.82 Å². The summed E-state index contributed by atoms with van der Waals surface area (Å²) < 4.78 is 40.3. The van der Waals surface area contributed by atoms with Crippen molar-refractivity contribution < 1.29 is 23.1 Å². The van der Waals surface area contributed by atoms with Crippen molar-refractivity contribution in [2.24, 2.45) is 5.92 Å². The minimum absolute atomic E-state index is 0.0759. The molecule has 3 nitrogen and oxygen atoms in total. The summed E-state index contributed by atoms with van der Waals surface area (Å²) >= 11 is 0. The first-order valence-electron chi connectivity index (χ1n) is 6.73. The molecule has 116 valence electrons. The summed E-state index contributed by atoms with van der Waals surface area (Å²) in [6, 6.07) is 1.25. The summed E-state index contributed by atoms with van der Waals surface area (Å²) in [6.45, 7) is 6.33. The highest BCUT2D eigenvalue weighted by Crippen LogP contribution is 2.37. The molecule has 0 aliphatic carbocycles. The molecule has 0 saturated carbocycles. The topological polar surface area (TPSA) is 40.5 Å². The van der Waals surface area contributed by atoms with Gasteiger partial charge in [0.25, 0.3) is 0 Å². The third-order valence-corrected chi connectivity index (χ3v) is 4.02. The minimum Gasteiger partial charge on any atom is -0.481 e. The van der Waals surface area contributed by atoms with E-state index in [1.807, 2.05) is 25.7 Å². The molecule has 0 bridgehead atoms. The molecule has 2 atom stereocenters. The van der Waals surface area contributed by atoms with Gasteiger partial charge in [0.05, 0.1) is 5.92 Å². The molecule has 0 aromatic heterocycles. The van der Waals surface area contributed by atoms with Crippen LogP contribution in [0.4, 0.5) is 13.2 Å². The van der Waals surface area contributed by atoms with E-state index in [9.17, 15) is 23.1 Å². The number of carboxylic acids is 1. The number of carboxylic acid groups (broad SMARTS) is 1. The molecule has 0 unspecified atom stereocenters. The molecule has 1 saturated heterocycles. The van der Waals surface area contributed by atoms with Crippen LogP contribution in [0.2, 0.25) is 0 Å². The number of likely N-dealkylation sites (tertiary alicyclic amines) is 1. The molecule has 1 aromatic rings. The molecular weight excluding hydrogens is 283 g/mol. The molecule has 1 aliphatic heterocycles. The Kier molecular flexibility index (Phi) is 4.02. The van der Waals surface area contributed by atoms with Crippen molar-refractivity contribution in [1.82, 2.24) is 4.90 Å². The quantitative estimate of drug-likeness (QED) is 0.854. The number of rotatable bonds is 2. The van der Waals surface area contributed by atoms with Crippen LogP contribution in [0, 0.1) is 23.4 Å². The van der Waals surface area contributed by atoms with Crippen molar-refractivity contribution >= 4 is 5.97 Å². The van der Waals surface area contributed by atoms with Gasteiger partial charge in [-0.25, -0.2) is 13.2 Å². The Balaban J connectivity index is 2.41. The van der Waals surface area contributed by atoms with Crippen LogP contribution in [0.5, 0.6) is 0 Å². The fourth-order valence-corrected chi connectivity index (χ4v) is 2.74. The lowest BCUT2D eigenvalue weighted by Gasteiger charge is -2.31. The maximum atomic E-state index is 13.9. The third-order valence-electron chi connectivity index (χ3n) is 4.02. The molecule has 0 amide bonds. The first kappa shape index (κ1) is 15.8. The van der Waals surface area contributed by atoms with Crippen LogP contribution in [-0.2, 0) is 4.79 Å². The van der Waals surface area contributed by atoms with Crippen molar-refractivity contribution in [3.8, 4) is 0 Å². The van der Waals surface area contributed by atoms with Crippen molar-refractivity contribution in [1.29, 1.82) is 0 Å². The molecule has 2 rings (SSSR count). The van der Waals surface area contributed by atoms with Crippen molar-refractivity contribution in [2.45, 2.75) is 32.2 Å². The number of hydrogen-bond donors (Lipinski definition) is 1. The second-order valence-electron chi connectivity index (χ2n) is 6.41. The van der Waals surface area contributed by atoms with Gasteiger partial charge in [-0.3, -0.25) is 9.69 Å². The first-order chi connectivity index (χ1) is 9.61. The largest absolute Gasteiger partial charge is 0.481 e. The molecule has 1 N–H and O–H groups in total. The highest BCUT2D eigenvalue weighted by Gasteiger charge is 2.43. The van der Waals surface area contributed by atoms with Crippen molar-refractivity contribution in [2.75, 3.05) is 13.1 Å². The molecule has 21 heavy (non-hydrogen) atoms. The summed E-state index contributed by atoms with van der Waals surface area (Å²) in [6.07, 6.45) is 0. The van der Waals surface area contributed by atoms with Crippen LogP contribution in [0.15, 0.2) is 12.1 Å². The Morgan fingerprint density at radius 1 is 1.14 bits per heavy atom. The smallest absolute Gasteiger partial charge is 0.308 e. The van der Waals surface area contributed by atoms with Crippen LogP contribution in [0.3, 0.4) is 0 Å². The monoisotopic (exact) mass is 301 g/mol. The minimum atomic E-state index is -1.27. The van der Waals surface area contributed by atoms with Gasteiger partial charge in [-0.1, -0.05) is 0 Å². The van der Waals surface area contributed by atoms with Crippen molar-refractivity contribution in [3.63, 3.8) is 0 Å². The van der Waals surface area contributed by atoms with Crippen LogP contribution < -0.4 is 0 Å². The zero-order valence-corrected chi connectivity index (χ0v) is 12.2. The van der Waals surface area contributed by atoms with Crippen molar-refractivity contribution in [3.05, 3.63) is 35.1 Å². The van der Waals surface area contributed by atoms with Gasteiger partial charge in [0.2, 0.25) is 0 Å². The molecule has 6 heteroatoms. The Bertz CT molecular complexity index is 569. The SMILES string of the molecule is CC(C)(C)N1C[C@H](C(=O)O)[C@@H](c2cc(F)c(F)cc2F)C1. The number of halogens is 3. The van der Waals surface area contributed by atoms with Gasteiger partial charge in [-0.15, -0.1) is 0 Å². The summed E-state index contributed by atoms with van der Waals surface area (Å²) in [7, 11) is 0. The van der Waals surface area contributed by atoms with Gasteiger partial charge in [0, 0.05) is 30.6 Å². The van der Waals surface area contributed by atoms with E-state index in [1.54, 1.807) is 0 Å². The Morgan fingerprint density at radius 2 is 1.71 bits per heavy atom. The zero-order chi connectivity index (χ0) is 15.9. The number of carbonyl (C=O) groups is 1. The van der Waals surface area contributed by atoms with Crippen LogP contribution in [-0.4, -0.2) is 34.6 Å². The molecule has 1 aliphatic rings. The highest BCUT2D eigenvalue weighted by atomic mass is 19.2. The van der Waals surface area contributed by atoms with Gasteiger partial charge in [-0.2, -0.15) is 0 Å². The van der Waals surface area contributed by atoms with E-state index >= 15 is 0 Å². The molecular formula is C15H18F3NO2. The summed E-state index contributed by atoms with van der Waals surface area (Å²) in [4.78, 5) is 13.3. The second kappa shape index (κ2) is 5.33. The van der Waals surface area contributed by atoms with E-state index in [2.05, 4.69) is 0 Å². The third kappa shape index (κ3) is 3.05.